The number of nitrogens with zero attached hydrogens (tertiary/aromatic N) is 1. The zero-order valence-electron chi connectivity index (χ0n) is 18.4. The molecule has 4 atom stereocenters. The summed E-state index contributed by atoms with van der Waals surface area (Å²) >= 11 is 0. The Morgan fingerprint density at radius 3 is 2.57 bits per heavy atom. The fourth-order valence-corrected chi connectivity index (χ4v) is 4.64. The van der Waals surface area contributed by atoms with Crippen LogP contribution in [0.15, 0.2) is 12.2 Å². The Morgan fingerprint density at radius 1 is 1.18 bits per heavy atom. The second kappa shape index (κ2) is 11.3. The summed E-state index contributed by atoms with van der Waals surface area (Å²) in [4.78, 5) is 12.0. The molecule has 162 valence electrons. The number of hydrogen-bond donors (Lipinski definition) is 1. The summed E-state index contributed by atoms with van der Waals surface area (Å²) in [5.74, 6) is 0.845. The summed E-state index contributed by atoms with van der Waals surface area (Å²) in [6.07, 6.45) is 15.2. The van der Waals surface area contributed by atoms with Gasteiger partial charge >= 0.3 is 0 Å². The molecule has 0 aliphatic carbocycles. The first-order chi connectivity index (χ1) is 13.4. The number of hydrogen-bond acceptors (Lipinski definition) is 4. The first-order valence-corrected chi connectivity index (χ1v) is 11.2. The molecule has 5 heteroatoms. The number of ether oxygens (including phenoxy) is 2. The standard InChI is InChI=1S/C23H41NO4/c1-5-6-7-11-16-27-17-19-18(20-13-14-21(19)28-20)12-9-8-10-15-23(2,3)22(25)24(4)26/h8-9,18-21,26H,5-7,10-17H2,1-4H3/b9-8-/t18-,19+,20-,21+/m0/s1. The third kappa shape index (κ3) is 6.57. The maximum Gasteiger partial charge on any atom is 0.251 e. The Balaban J connectivity index is 1.72. The second-order valence-corrected chi connectivity index (χ2v) is 9.21. The van der Waals surface area contributed by atoms with Crippen LogP contribution in [0.1, 0.15) is 78.6 Å². The molecule has 2 fully saturated rings. The van der Waals surface area contributed by atoms with E-state index >= 15 is 0 Å². The van der Waals surface area contributed by atoms with Crippen molar-refractivity contribution in [3.8, 4) is 0 Å². The van der Waals surface area contributed by atoms with Crippen LogP contribution in [-0.4, -0.2) is 48.6 Å². The zero-order chi connectivity index (χ0) is 20.6. The molecule has 2 saturated heterocycles. The van der Waals surface area contributed by atoms with Crippen LogP contribution < -0.4 is 0 Å². The first kappa shape index (κ1) is 23.4. The van der Waals surface area contributed by atoms with Crippen molar-refractivity contribution in [2.24, 2.45) is 17.3 Å². The number of fused-ring (bicyclic) bond motifs is 2. The maximum absolute atomic E-state index is 12.0. The number of amides is 1. The quantitative estimate of drug-likeness (QED) is 0.207. The molecule has 1 amide bonds. The van der Waals surface area contributed by atoms with Gasteiger partial charge in [0.2, 0.25) is 0 Å². The van der Waals surface area contributed by atoms with Gasteiger partial charge in [-0.05, 0) is 44.4 Å². The summed E-state index contributed by atoms with van der Waals surface area (Å²) in [5, 5.41) is 10.1. The van der Waals surface area contributed by atoms with Gasteiger partial charge in [0.05, 0.1) is 18.8 Å². The summed E-state index contributed by atoms with van der Waals surface area (Å²) in [6.45, 7) is 7.70. The first-order valence-electron chi connectivity index (χ1n) is 11.2. The fraction of sp³-hybridized carbons (Fsp3) is 0.870. The lowest BCUT2D eigenvalue weighted by Crippen LogP contribution is -2.36. The van der Waals surface area contributed by atoms with Crippen LogP contribution >= 0.6 is 0 Å². The Labute approximate surface area is 171 Å². The van der Waals surface area contributed by atoms with Crippen molar-refractivity contribution in [2.45, 2.75) is 90.8 Å². The normalized spacial score (nSPS) is 27.0. The highest BCUT2D eigenvalue weighted by molar-refractivity contribution is 5.80. The molecular weight excluding hydrogens is 354 g/mol. The molecule has 2 aliphatic rings. The molecule has 2 heterocycles. The molecule has 0 saturated carbocycles. The zero-order valence-corrected chi connectivity index (χ0v) is 18.4. The van der Waals surface area contributed by atoms with Crippen LogP contribution in [0.3, 0.4) is 0 Å². The van der Waals surface area contributed by atoms with E-state index in [0.717, 1.165) is 38.9 Å². The minimum absolute atomic E-state index is 0.237. The van der Waals surface area contributed by atoms with Crippen molar-refractivity contribution in [1.29, 1.82) is 0 Å². The van der Waals surface area contributed by atoms with E-state index in [0.29, 0.717) is 29.1 Å². The number of carbonyl (C=O) groups excluding carboxylic acids is 1. The van der Waals surface area contributed by atoms with Gasteiger partial charge in [-0.1, -0.05) is 52.2 Å². The molecule has 0 aromatic carbocycles. The van der Waals surface area contributed by atoms with Gasteiger partial charge in [-0.15, -0.1) is 0 Å². The van der Waals surface area contributed by atoms with E-state index < -0.39 is 5.41 Å². The monoisotopic (exact) mass is 395 g/mol. The number of rotatable bonds is 13. The summed E-state index contributed by atoms with van der Waals surface area (Å²) in [5.41, 5.74) is -0.544. The van der Waals surface area contributed by atoms with E-state index in [9.17, 15) is 10.0 Å². The highest BCUT2D eigenvalue weighted by Crippen LogP contribution is 2.45. The van der Waals surface area contributed by atoms with Crippen molar-refractivity contribution in [1.82, 2.24) is 5.06 Å². The number of unbranched alkanes of at least 4 members (excludes halogenated alkanes) is 3. The van der Waals surface area contributed by atoms with Gasteiger partial charge in [0, 0.05) is 25.0 Å². The van der Waals surface area contributed by atoms with Crippen molar-refractivity contribution >= 4 is 5.91 Å². The third-order valence-electron chi connectivity index (χ3n) is 6.43. The average Bonchev–Trinajstić information content (AvgIpc) is 3.25. The third-order valence-corrected chi connectivity index (χ3v) is 6.43. The van der Waals surface area contributed by atoms with Gasteiger partial charge in [-0.25, -0.2) is 5.06 Å². The molecule has 2 bridgehead atoms. The van der Waals surface area contributed by atoms with E-state index in [-0.39, 0.29) is 5.91 Å². The molecule has 0 radical (unpaired) electrons. The Hall–Kier alpha value is -0.910. The lowest BCUT2D eigenvalue weighted by atomic mass is 9.78. The van der Waals surface area contributed by atoms with E-state index in [1.54, 1.807) is 0 Å². The minimum atomic E-state index is -0.544. The maximum atomic E-state index is 12.0. The Kier molecular flexibility index (Phi) is 9.45. The lowest BCUT2D eigenvalue weighted by molar-refractivity contribution is -0.169. The van der Waals surface area contributed by atoms with Gasteiger partial charge in [0.15, 0.2) is 0 Å². The lowest BCUT2D eigenvalue weighted by Gasteiger charge is -2.27. The molecule has 2 rings (SSSR count). The Morgan fingerprint density at radius 2 is 1.89 bits per heavy atom. The van der Waals surface area contributed by atoms with Crippen LogP contribution in [0.4, 0.5) is 0 Å². The van der Waals surface area contributed by atoms with Gasteiger partial charge in [-0.3, -0.25) is 10.0 Å². The highest BCUT2D eigenvalue weighted by Gasteiger charge is 2.48. The predicted octanol–water partition coefficient (Wildman–Crippen LogP) is 4.98. The van der Waals surface area contributed by atoms with Gasteiger partial charge in [0.1, 0.15) is 0 Å². The molecule has 0 aromatic heterocycles. The second-order valence-electron chi connectivity index (χ2n) is 9.21. The van der Waals surface area contributed by atoms with E-state index in [1.807, 2.05) is 13.8 Å². The predicted molar refractivity (Wildman–Crippen MR) is 111 cm³/mol. The molecular formula is C23H41NO4. The molecule has 5 nitrogen and oxygen atoms in total. The van der Waals surface area contributed by atoms with E-state index in [4.69, 9.17) is 9.47 Å². The molecule has 28 heavy (non-hydrogen) atoms. The summed E-state index contributed by atoms with van der Waals surface area (Å²) in [7, 11) is 1.39. The number of carbonyl (C=O) groups is 1. The van der Waals surface area contributed by atoms with Crippen LogP contribution in [0.25, 0.3) is 0 Å². The molecule has 0 unspecified atom stereocenters. The number of allylic oxidation sites excluding steroid dienone is 2. The fourth-order valence-electron chi connectivity index (χ4n) is 4.64. The van der Waals surface area contributed by atoms with Crippen molar-refractivity contribution < 1.29 is 19.5 Å². The van der Waals surface area contributed by atoms with Gasteiger partial charge < -0.3 is 9.47 Å². The average molecular weight is 396 g/mol. The van der Waals surface area contributed by atoms with Crippen molar-refractivity contribution in [3.05, 3.63) is 12.2 Å². The summed E-state index contributed by atoms with van der Waals surface area (Å²) < 4.78 is 12.2. The van der Waals surface area contributed by atoms with Crippen LogP contribution in [0, 0.1) is 17.3 Å². The van der Waals surface area contributed by atoms with E-state index in [2.05, 4.69) is 19.1 Å². The Bertz CT molecular complexity index is 503. The topological polar surface area (TPSA) is 59.0 Å². The smallest absolute Gasteiger partial charge is 0.251 e. The molecule has 2 aliphatic heterocycles. The molecule has 1 N–H and O–H groups in total. The summed E-state index contributed by atoms with van der Waals surface area (Å²) in [6, 6.07) is 0. The van der Waals surface area contributed by atoms with Crippen molar-refractivity contribution in [2.75, 3.05) is 20.3 Å². The van der Waals surface area contributed by atoms with Gasteiger partial charge in [-0.2, -0.15) is 0 Å². The van der Waals surface area contributed by atoms with Gasteiger partial charge in [0.25, 0.3) is 5.91 Å². The van der Waals surface area contributed by atoms with Crippen molar-refractivity contribution in [3.63, 3.8) is 0 Å². The number of hydroxylamine groups is 2. The van der Waals surface area contributed by atoms with Crippen LogP contribution in [-0.2, 0) is 14.3 Å². The molecule has 0 spiro atoms. The van der Waals surface area contributed by atoms with Crippen LogP contribution in [0.2, 0.25) is 0 Å². The SMILES string of the molecule is CCCCCCOC[C@@H]1[C@H](C/C=C\CCC(C)(C)C(=O)N(C)O)[C@@H]2CC[C@H]1O2. The minimum Gasteiger partial charge on any atom is -0.381 e. The van der Waals surface area contributed by atoms with Crippen LogP contribution in [0.5, 0.6) is 0 Å². The largest absolute Gasteiger partial charge is 0.381 e. The highest BCUT2D eigenvalue weighted by atomic mass is 16.5. The molecule has 0 aromatic rings. The van der Waals surface area contributed by atoms with E-state index in [1.165, 1.54) is 39.2 Å².